The number of fused-ring (bicyclic) bond motifs is 1. The molecule has 2 unspecified atom stereocenters. The van der Waals surface area contributed by atoms with E-state index < -0.39 is 6.10 Å². The van der Waals surface area contributed by atoms with Crippen LogP contribution in [0.5, 0.6) is 11.5 Å². The van der Waals surface area contributed by atoms with Crippen molar-refractivity contribution < 1.29 is 14.6 Å². The fourth-order valence-electron chi connectivity index (χ4n) is 1.90. The van der Waals surface area contributed by atoms with E-state index in [1.807, 2.05) is 18.2 Å². The van der Waals surface area contributed by atoms with Gasteiger partial charge in [0.1, 0.15) is 13.2 Å². The lowest BCUT2D eigenvalue weighted by Gasteiger charge is -2.22. The Labute approximate surface area is 95.0 Å². The van der Waals surface area contributed by atoms with Crippen LogP contribution in [0, 0.1) is 0 Å². The van der Waals surface area contributed by atoms with E-state index in [0.717, 1.165) is 17.1 Å². The molecule has 1 aliphatic heterocycles. The smallest absolute Gasteiger partial charge is 0.161 e. The van der Waals surface area contributed by atoms with Crippen LogP contribution in [0.15, 0.2) is 18.2 Å². The van der Waals surface area contributed by atoms with E-state index >= 15 is 0 Å². The average molecular weight is 223 g/mol. The number of hydrogen-bond donors (Lipinski definition) is 2. The lowest BCUT2D eigenvalue weighted by Crippen LogP contribution is -2.23. The molecule has 0 spiro atoms. The third-order valence-electron chi connectivity index (χ3n) is 2.83. The SMILES string of the molecule is CC(O)C(CN)c1ccc2c(c1)OCCO2. The van der Waals surface area contributed by atoms with Gasteiger partial charge in [-0.1, -0.05) is 6.07 Å². The molecule has 0 saturated carbocycles. The molecule has 0 radical (unpaired) electrons. The first-order chi connectivity index (χ1) is 7.72. The maximum atomic E-state index is 9.62. The Morgan fingerprint density at radius 3 is 2.62 bits per heavy atom. The summed E-state index contributed by atoms with van der Waals surface area (Å²) in [7, 11) is 0. The van der Waals surface area contributed by atoms with Crippen LogP contribution >= 0.6 is 0 Å². The second kappa shape index (κ2) is 4.72. The first kappa shape index (κ1) is 11.2. The van der Waals surface area contributed by atoms with Gasteiger partial charge in [0.15, 0.2) is 11.5 Å². The first-order valence-electron chi connectivity index (χ1n) is 5.50. The molecule has 4 heteroatoms. The highest BCUT2D eigenvalue weighted by Gasteiger charge is 2.19. The quantitative estimate of drug-likeness (QED) is 0.798. The van der Waals surface area contributed by atoms with Gasteiger partial charge in [-0.25, -0.2) is 0 Å². The Morgan fingerprint density at radius 2 is 2.00 bits per heavy atom. The van der Waals surface area contributed by atoms with Crippen molar-refractivity contribution in [2.45, 2.75) is 18.9 Å². The lowest BCUT2D eigenvalue weighted by molar-refractivity contribution is 0.161. The second-order valence-corrected chi connectivity index (χ2v) is 3.99. The minimum absolute atomic E-state index is 0.0594. The Kier molecular flexibility index (Phi) is 3.31. The topological polar surface area (TPSA) is 64.7 Å². The number of aliphatic hydroxyl groups is 1. The number of aliphatic hydroxyl groups excluding tert-OH is 1. The number of benzene rings is 1. The van der Waals surface area contributed by atoms with Crippen molar-refractivity contribution in [2.75, 3.05) is 19.8 Å². The number of ether oxygens (including phenoxy) is 2. The largest absolute Gasteiger partial charge is 0.486 e. The Bertz CT molecular complexity index is 365. The number of nitrogens with two attached hydrogens (primary N) is 1. The summed E-state index contributed by atoms with van der Waals surface area (Å²) in [6.07, 6.45) is -0.465. The molecule has 1 aromatic rings. The zero-order valence-corrected chi connectivity index (χ0v) is 9.35. The zero-order valence-electron chi connectivity index (χ0n) is 9.35. The van der Waals surface area contributed by atoms with Crippen molar-refractivity contribution >= 4 is 0 Å². The first-order valence-corrected chi connectivity index (χ1v) is 5.50. The molecule has 1 aromatic carbocycles. The maximum Gasteiger partial charge on any atom is 0.161 e. The molecule has 4 nitrogen and oxygen atoms in total. The van der Waals surface area contributed by atoms with E-state index in [2.05, 4.69) is 0 Å². The van der Waals surface area contributed by atoms with Crippen LogP contribution in [-0.2, 0) is 0 Å². The molecule has 0 fully saturated rings. The van der Waals surface area contributed by atoms with Gasteiger partial charge < -0.3 is 20.3 Å². The molecule has 0 aromatic heterocycles. The van der Waals surface area contributed by atoms with E-state index in [1.54, 1.807) is 6.92 Å². The van der Waals surface area contributed by atoms with Gasteiger partial charge in [0, 0.05) is 12.5 Å². The van der Waals surface area contributed by atoms with E-state index in [-0.39, 0.29) is 5.92 Å². The molecular weight excluding hydrogens is 206 g/mol. The summed E-state index contributed by atoms with van der Waals surface area (Å²) in [4.78, 5) is 0. The average Bonchev–Trinajstić information content (AvgIpc) is 2.29. The molecule has 1 heterocycles. The molecule has 0 saturated heterocycles. The van der Waals surface area contributed by atoms with Crippen molar-refractivity contribution in [2.24, 2.45) is 5.73 Å². The van der Waals surface area contributed by atoms with Crippen LogP contribution < -0.4 is 15.2 Å². The molecule has 1 aliphatic rings. The van der Waals surface area contributed by atoms with Crippen molar-refractivity contribution in [3.05, 3.63) is 23.8 Å². The van der Waals surface area contributed by atoms with E-state index in [9.17, 15) is 5.11 Å². The number of rotatable bonds is 3. The second-order valence-electron chi connectivity index (χ2n) is 3.99. The Hall–Kier alpha value is -1.26. The van der Waals surface area contributed by atoms with E-state index in [1.165, 1.54) is 0 Å². The summed E-state index contributed by atoms with van der Waals surface area (Å²) in [5.74, 6) is 1.44. The minimum atomic E-state index is -0.465. The molecule has 3 N–H and O–H groups in total. The molecule has 0 amide bonds. The van der Waals surface area contributed by atoms with E-state index in [4.69, 9.17) is 15.2 Å². The van der Waals surface area contributed by atoms with Crippen molar-refractivity contribution in [3.8, 4) is 11.5 Å². The van der Waals surface area contributed by atoms with Crippen LogP contribution in [0.4, 0.5) is 0 Å². The summed E-state index contributed by atoms with van der Waals surface area (Å²) < 4.78 is 10.9. The summed E-state index contributed by atoms with van der Waals surface area (Å²) in [5.41, 5.74) is 6.64. The summed E-state index contributed by atoms with van der Waals surface area (Å²) in [6.45, 7) is 3.31. The predicted octanol–water partition coefficient (Wildman–Crippen LogP) is 0.881. The van der Waals surface area contributed by atoms with Gasteiger partial charge in [0.2, 0.25) is 0 Å². The minimum Gasteiger partial charge on any atom is -0.486 e. The van der Waals surface area contributed by atoms with Gasteiger partial charge in [-0.2, -0.15) is 0 Å². The van der Waals surface area contributed by atoms with Crippen molar-refractivity contribution in [1.82, 2.24) is 0 Å². The Balaban J connectivity index is 2.28. The third-order valence-corrected chi connectivity index (χ3v) is 2.83. The van der Waals surface area contributed by atoms with Crippen LogP contribution in [0.3, 0.4) is 0 Å². The molecule has 2 atom stereocenters. The maximum absolute atomic E-state index is 9.62. The molecule has 88 valence electrons. The van der Waals surface area contributed by atoms with Crippen molar-refractivity contribution in [3.63, 3.8) is 0 Å². The zero-order chi connectivity index (χ0) is 11.5. The summed E-state index contributed by atoms with van der Waals surface area (Å²) in [5, 5.41) is 9.62. The fraction of sp³-hybridized carbons (Fsp3) is 0.500. The van der Waals surface area contributed by atoms with Gasteiger partial charge in [-0.3, -0.25) is 0 Å². The van der Waals surface area contributed by atoms with Gasteiger partial charge in [-0.15, -0.1) is 0 Å². The highest BCUT2D eigenvalue weighted by molar-refractivity contribution is 5.45. The number of hydrogen-bond acceptors (Lipinski definition) is 4. The molecular formula is C12H17NO3. The fourth-order valence-corrected chi connectivity index (χ4v) is 1.90. The molecule has 0 aliphatic carbocycles. The molecule has 0 bridgehead atoms. The highest BCUT2D eigenvalue weighted by Crippen LogP contribution is 2.33. The van der Waals surface area contributed by atoms with Crippen LogP contribution in [0.25, 0.3) is 0 Å². The lowest BCUT2D eigenvalue weighted by atomic mass is 9.94. The van der Waals surface area contributed by atoms with Crippen LogP contribution in [0.1, 0.15) is 18.4 Å². The van der Waals surface area contributed by atoms with Crippen molar-refractivity contribution in [1.29, 1.82) is 0 Å². The predicted molar refractivity (Wildman–Crippen MR) is 60.9 cm³/mol. The molecule has 16 heavy (non-hydrogen) atoms. The highest BCUT2D eigenvalue weighted by atomic mass is 16.6. The summed E-state index contributed by atoms with van der Waals surface area (Å²) >= 11 is 0. The monoisotopic (exact) mass is 223 g/mol. The van der Waals surface area contributed by atoms with Gasteiger partial charge in [0.25, 0.3) is 0 Å². The summed E-state index contributed by atoms with van der Waals surface area (Å²) in [6, 6.07) is 5.70. The molecule has 2 rings (SSSR count). The van der Waals surface area contributed by atoms with Gasteiger partial charge >= 0.3 is 0 Å². The van der Waals surface area contributed by atoms with Gasteiger partial charge in [-0.05, 0) is 24.6 Å². The van der Waals surface area contributed by atoms with E-state index in [0.29, 0.717) is 19.8 Å². The normalized spacial score (nSPS) is 17.9. The van der Waals surface area contributed by atoms with Gasteiger partial charge in [0.05, 0.1) is 6.10 Å². The standard InChI is InChI=1S/C12H17NO3/c1-8(14)10(7-13)9-2-3-11-12(6-9)16-5-4-15-11/h2-3,6,8,10,14H,4-5,7,13H2,1H3. The van der Waals surface area contributed by atoms with Crippen LogP contribution in [-0.4, -0.2) is 31.0 Å². The van der Waals surface area contributed by atoms with Crippen LogP contribution in [0.2, 0.25) is 0 Å². The third kappa shape index (κ3) is 2.13. The Morgan fingerprint density at radius 1 is 1.31 bits per heavy atom.